The largest absolute Gasteiger partial charge is 0.494 e. The summed E-state index contributed by atoms with van der Waals surface area (Å²) in [5.74, 6) is -4.91. The number of unbranched alkanes of at least 4 members (excludes halogenated alkanes) is 1. The van der Waals surface area contributed by atoms with E-state index in [1.807, 2.05) is 65.4 Å². The molecular weight excluding hydrogens is 559 g/mol. The zero-order valence-corrected chi connectivity index (χ0v) is 23.5. The molecule has 4 aromatic rings. The molecule has 1 aliphatic carbocycles. The lowest BCUT2D eigenvalue weighted by Gasteiger charge is -2.14. The van der Waals surface area contributed by atoms with Crippen molar-refractivity contribution in [1.29, 1.82) is 0 Å². The van der Waals surface area contributed by atoms with Gasteiger partial charge in [0, 0.05) is 23.6 Å². The highest BCUT2D eigenvalue weighted by Gasteiger charge is 2.45. The molecule has 3 aromatic carbocycles. The third kappa shape index (κ3) is 7.46. The number of nitrogens with zero attached hydrogens (tertiary/aromatic N) is 1. The fraction of sp³-hybridized carbons (Fsp3) is 0.294. The number of rotatable bonds is 14. The first-order valence-corrected chi connectivity index (χ1v) is 14.2. The number of fused-ring (bicyclic) bond motifs is 1. The summed E-state index contributed by atoms with van der Waals surface area (Å²) in [6, 6.07) is 15.3. The van der Waals surface area contributed by atoms with Crippen molar-refractivity contribution in [3.05, 3.63) is 100 Å². The zero-order valence-electron chi connectivity index (χ0n) is 23.5. The molecule has 0 bridgehead atoms. The average molecular weight is 592 g/mol. The molecule has 6 nitrogen and oxygen atoms in total. The van der Waals surface area contributed by atoms with Crippen molar-refractivity contribution in [3.8, 4) is 5.75 Å². The number of carboxylic acid groups (broad SMARTS) is 2. The Labute approximate surface area is 247 Å². The van der Waals surface area contributed by atoms with Gasteiger partial charge in [-0.15, -0.1) is 0 Å². The molecule has 0 amide bonds. The third-order valence-electron chi connectivity index (χ3n) is 7.86. The molecule has 5 rings (SSSR count). The third-order valence-corrected chi connectivity index (χ3v) is 7.86. The lowest BCUT2D eigenvalue weighted by Crippen LogP contribution is -2.15. The minimum atomic E-state index is -1.46. The summed E-state index contributed by atoms with van der Waals surface area (Å²) < 4.78 is 47.6. The number of aromatic nitrogens is 1. The predicted molar refractivity (Wildman–Crippen MR) is 157 cm³/mol. The van der Waals surface area contributed by atoms with Crippen LogP contribution in [0.25, 0.3) is 23.1 Å². The smallest absolute Gasteiger partial charge is 0.307 e. The lowest BCUT2D eigenvalue weighted by molar-refractivity contribution is -0.138. The molecule has 2 N–H and O–H groups in total. The van der Waals surface area contributed by atoms with Gasteiger partial charge >= 0.3 is 11.9 Å². The van der Waals surface area contributed by atoms with E-state index in [4.69, 9.17) is 4.74 Å². The van der Waals surface area contributed by atoms with Crippen molar-refractivity contribution in [3.63, 3.8) is 0 Å². The number of ether oxygens (including phenoxy) is 1. The molecule has 1 fully saturated rings. The summed E-state index contributed by atoms with van der Waals surface area (Å²) >= 11 is 0. The first-order valence-electron chi connectivity index (χ1n) is 14.2. The number of halogens is 3. The zero-order chi connectivity index (χ0) is 30.6. The standard InChI is InChI=1S/C34H32F3NO5/c35-27-16-23(17-28(36)33(27)37)4-1-2-15-43-26-11-8-22(9-12-26)7-10-24-5-3-6-29-32(24)25(18-30(39)40)20-38(29)21-34(13-14-34)19-31(41)42/h3,5-12,16-17,20H,1-2,4,13-15,18-19,21H2,(H,39,40)(H,41,42)/b10-7+. The summed E-state index contributed by atoms with van der Waals surface area (Å²) in [4.78, 5) is 23.0. The number of benzene rings is 3. The van der Waals surface area contributed by atoms with Crippen molar-refractivity contribution in [2.24, 2.45) is 5.41 Å². The van der Waals surface area contributed by atoms with Crippen LogP contribution in [0.5, 0.6) is 5.75 Å². The highest BCUT2D eigenvalue weighted by Crippen LogP contribution is 2.51. The van der Waals surface area contributed by atoms with Gasteiger partial charge in [-0.1, -0.05) is 36.4 Å². The van der Waals surface area contributed by atoms with Crippen molar-refractivity contribution in [2.75, 3.05) is 6.61 Å². The van der Waals surface area contributed by atoms with E-state index in [0.29, 0.717) is 49.3 Å². The fourth-order valence-electron chi connectivity index (χ4n) is 5.52. The van der Waals surface area contributed by atoms with Crippen LogP contribution < -0.4 is 4.74 Å². The molecule has 0 radical (unpaired) electrons. The van der Waals surface area contributed by atoms with Crippen molar-refractivity contribution < 1.29 is 37.7 Å². The second-order valence-electron chi connectivity index (χ2n) is 11.2. The molecule has 9 heteroatoms. The molecule has 0 unspecified atom stereocenters. The Morgan fingerprint density at radius 2 is 1.65 bits per heavy atom. The van der Waals surface area contributed by atoms with E-state index in [0.717, 1.165) is 47.0 Å². The first kappa shape index (κ1) is 29.9. The summed E-state index contributed by atoms with van der Waals surface area (Å²) in [5.41, 5.74) is 3.48. The molecule has 1 heterocycles. The molecule has 0 spiro atoms. The van der Waals surface area contributed by atoms with Crippen LogP contribution >= 0.6 is 0 Å². The van der Waals surface area contributed by atoms with E-state index in [1.54, 1.807) is 0 Å². The second-order valence-corrected chi connectivity index (χ2v) is 11.2. The van der Waals surface area contributed by atoms with E-state index in [2.05, 4.69) is 0 Å². The van der Waals surface area contributed by atoms with Gasteiger partial charge in [0.05, 0.1) is 19.4 Å². The molecule has 43 heavy (non-hydrogen) atoms. The molecule has 0 saturated heterocycles. The van der Waals surface area contributed by atoms with Crippen LogP contribution in [0.1, 0.15) is 54.4 Å². The number of aryl methyl sites for hydroxylation is 1. The summed E-state index contributed by atoms with van der Waals surface area (Å²) in [6.07, 6.45) is 9.06. The van der Waals surface area contributed by atoms with Gasteiger partial charge in [0.15, 0.2) is 17.5 Å². The van der Waals surface area contributed by atoms with Crippen LogP contribution in [0.2, 0.25) is 0 Å². The topological polar surface area (TPSA) is 88.8 Å². The fourth-order valence-corrected chi connectivity index (χ4v) is 5.52. The van der Waals surface area contributed by atoms with Gasteiger partial charge < -0.3 is 19.5 Å². The van der Waals surface area contributed by atoms with Gasteiger partial charge in [-0.05, 0) is 90.1 Å². The van der Waals surface area contributed by atoms with E-state index >= 15 is 0 Å². The maximum atomic E-state index is 13.4. The highest BCUT2D eigenvalue weighted by atomic mass is 19.2. The Balaban J connectivity index is 1.22. The van der Waals surface area contributed by atoms with E-state index in [9.17, 15) is 33.0 Å². The second kappa shape index (κ2) is 12.8. The maximum absolute atomic E-state index is 13.4. The number of carbonyl (C=O) groups is 2. The Hall–Kier alpha value is -4.53. The number of carboxylic acids is 2. The van der Waals surface area contributed by atoms with Gasteiger partial charge in [0.1, 0.15) is 5.75 Å². The Kier molecular flexibility index (Phi) is 8.89. The quantitative estimate of drug-likeness (QED) is 0.0900. The van der Waals surface area contributed by atoms with Gasteiger partial charge in [0.25, 0.3) is 0 Å². The predicted octanol–water partition coefficient (Wildman–Crippen LogP) is 7.51. The van der Waals surface area contributed by atoms with Crippen molar-refractivity contribution in [1.82, 2.24) is 4.57 Å². The normalized spacial score (nSPS) is 13.9. The van der Waals surface area contributed by atoms with Crippen LogP contribution in [-0.2, 0) is 29.0 Å². The van der Waals surface area contributed by atoms with Crippen LogP contribution in [0.3, 0.4) is 0 Å². The molecule has 1 saturated carbocycles. The average Bonchev–Trinajstić information content (AvgIpc) is 3.62. The van der Waals surface area contributed by atoms with Gasteiger partial charge in [-0.25, -0.2) is 13.2 Å². The molecule has 1 aliphatic rings. The van der Waals surface area contributed by atoms with Crippen LogP contribution in [0.15, 0.2) is 60.8 Å². The Morgan fingerprint density at radius 3 is 2.30 bits per heavy atom. The Morgan fingerprint density at radius 1 is 0.930 bits per heavy atom. The SMILES string of the molecule is O=C(O)Cc1cn(CC2(CC(=O)O)CC2)c2cccc(/C=C/c3ccc(OCCCCc4cc(F)c(F)c(F)c4)cc3)c12. The number of hydrogen-bond donors (Lipinski definition) is 2. The van der Waals surface area contributed by atoms with Crippen LogP contribution in [-0.4, -0.2) is 33.3 Å². The van der Waals surface area contributed by atoms with Crippen molar-refractivity contribution in [2.45, 2.75) is 51.5 Å². The van der Waals surface area contributed by atoms with Gasteiger partial charge in [-0.2, -0.15) is 0 Å². The number of hydrogen-bond acceptors (Lipinski definition) is 3. The highest BCUT2D eigenvalue weighted by molar-refractivity contribution is 5.96. The summed E-state index contributed by atoms with van der Waals surface area (Å²) in [7, 11) is 0. The monoisotopic (exact) mass is 591 g/mol. The molecule has 0 aliphatic heterocycles. The lowest BCUT2D eigenvalue weighted by atomic mass is 10.0. The first-order chi connectivity index (χ1) is 20.6. The molecule has 1 aromatic heterocycles. The summed E-state index contributed by atoms with van der Waals surface area (Å²) in [6.45, 7) is 0.952. The molecule has 224 valence electrons. The van der Waals surface area contributed by atoms with Crippen LogP contribution in [0.4, 0.5) is 13.2 Å². The summed E-state index contributed by atoms with van der Waals surface area (Å²) in [5, 5.41) is 19.7. The molecule has 0 atom stereocenters. The minimum Gasteiger partial charge on any atom is -0.494 e. The van der Waals surface area contributed by atoms with E-state index < -0.39 is 29.4 Å². The minimum absolute atomic E-state index is 0.0959. The Bertz CT molecular complexity index is 1650. The molecular formula is C34H32F3NO5. The van der Waals surface area contributed by atoms with Crippen LogP contribution in [0, 0.1) is 22.9 Å². The van der Waals surface area contributed by atoms with E-state index in [-0.39, 0.29) is 18.3 Å². The number of aliphatic carboxylic acids is 2. The maximum Gasteiger partial charge on any atom is 0.307 e. The van der Waals surface area contributed by atoms with Gasteiger partial charge in [-0.3, -0.25) is 9.59 Å². The van der Waals surface area contributed by atoms with Gasteiger partial charge in [0.2, 0.25) is 0 Å². The van der Waals surface area contributed by atoms with E-state index in [1.165, 1.54) is 0 Å². The van der Waals surface area contributed by atoms with Crippen molar-refractivity contribution >= 4 is 35.0 Å².